The van der Waals surface area contributed by atoms with E-state index in [0.717, 1.165) is 12.1 Å². The molecule has 0 spiro atoms. The first kappa shape index (κ1) is 17.3. The van der Waals surface area contributed by atoms with Gasteiger partial charge in [0.25, 0.3) is 5.91 Å². The monoisotopic (exact) mass is 354 g/mol. The highest BCUT2D eigenvalue weighted by Crippen LogP contribution is 2.32. The number of alkyl halides is 3. The van der Waals surface area contributed by atoms with E-state index < -0.39 is 18.3 Å². The van der Waals surface area contributed by atoms with Gasteiger partial charge in [0.15, 0.2) is 5.69 Å². The van der Waals surface area contributed by atoms with Gasteiger partial charge in [0.2, 0.25) is 0 Å². The van der Waals surface area contributed by atoms with Gasteiger partial charge in [0.1, 0.15) is 12.0 Å². The summed E-state index contributed by atoms with van der Waals surface area (Å²) in [5.74, 6) is -0.305. The molecule has 9 heteroatoms. The zero-order valence-corrected chi connectivity index (χ0v) is 13.6. The zero-order valence-electron chi connectivity index (χ0n) is 13.6. The van der Waals surface area contributed by atoms with E-state index in [1.54, 1.807) is 13.8 Å². The molecule has 3 rings (SSSR count). The average Bonchev–Trinajstić information content (AvgIpc) is 2.92. The Morgan fingerprint density at radius 2 is 1.96 bits per heavy atom. The van der Waals surface area contributed by atoms with Gasteiger partial charge in [-0.15, -0.1) is 0 Å². The molecular formula is C16H17F3N4O2. The molecule has 1 aliphatic rings. The molecule has 2 atom stereocenters. The number of carbonyl (C=O) groups excluding carboxylic acids is 1. The minimum atomic E-state index is -4.40. The Labute approximate surface area is 141 Å². The lowest BCUT2D eigenvalue weighted by molar-refractivity contribution is -0.137. The molecule has 3 N–H and O–H groups in total. The number of aliphatic hydroxyl groups excluding tert-OH is 1. The fourth-order valence-electron chi connectivity index (χ4n) is 2.85. The number of carbonyl (C=O) groups is 1. The van der Waals surface area contributed by atoms with Crippen molar-refractivity contribution in [2.45, 2.75) is 38.7 Å². The van der Waals surface area contributed by atoms with E-state index in [-0.39, 0.29) is 29.4 Å². The Bertz CT molecular complexity index is 799. The number of nitrogens with one attached hydrogen (secondary N) is 2. The SMILES string of the molecule is CC1NC(=O)c2c(CO)nc([C@H](C)c3ccc(C(F)(F)F)cc3)n2N1. The van der Waals surface area contributed by atoms with Crippen LogP contribution in [0, 0.1) is 0 Å². The summed E-state index contributed by atoms with van der Waals surface area (Å²) in [6.45, 7) is 3.10. The quantitative estimate of drug-likeness (QED) is 0.789. The second kappa shape index (κ2) is 6.07. The van der Waals surface area contributed by atoms with Crippen LogP contribution in [-0.2, 0) is 12.8 Å². The molecule has 1 aliphatic heterocycles. The number of aliphatic hydroxyl groups is 1. The summed E-state index contributed by atoms with van der Waals surface area (Å²) in [6, 6.07) is 4.81. The maximum absolute atomic E-state index is 12.7. The van der Waals surface area contributed by atoms with Crippen LogP contribution in [0.1, 0.15) is 52.9 Å². The Hall–Kier alpha value is -2.55. The number of imidazole rings is 1. The number of rotatable bonds is 3. The molecule has 1 unspecified atom stereocenters. The lowest BCUT2D eigenvalue weighted by Crippen LogP contribution is -2.49. The van der Waals surface area contributed by atoms with Crippen molar-refractivity contribution in [3.05, 3.63) is 52.6 Å². The number of amides is 1. The zero-order chi connectivity index (χ0) is 18.4. The first-order chi connectivity index (χ1) is 11.7. The third kappa shape index (κ3) is 3.07. The highest BCUT2D eigenvalue weighted by Gasteiger charge is 2.32. The smallest absolute Gasteiger partial charge is 0.390 e. The van der Waals surface area contributed by atoms with Gasteiger partial charge in [0, 0.05) is 5.92 Å². The summed E-state index contributed by atoms with van der Waals surface area (Å²) < 4.78 is 39.6. The summed E-state index contributed by atoms with van der Waals surface area (Å²) in [7, 11) is 0. The van der Waals surface area contributed by atoms with Crippen molar-refractivity contribution in [1.82, 2.24) is 15.0 Å². The van der Waals surface area contributed by atoms with Crippen molar-refractivity contribution in [2.24, 2.45) is 0 Å². The molecule has 2 heterocycles. The predicted molar refractivity (Wildman–Crippen MR) is 83.4 cm³/mol. The van der Waals surface area contributed by atoms with Crippen LogP contribution in [0.3, 0.4) is 0 Å². The Kier molecular flexibility index (Phi) is 4.19. The number of nitrogens with zero attached hydrogens (tertiary/aromatic N) is 2. The van der Waals surface area contributed by atoms with Crippen molar-refractivity contribution in [3.8, 4) is 0 Å². The third-order valence-corrected chi connectivity index (χ3v) is 4.14. The highest BCUT2D eigenvalue weighted by molar-refractivity contribution is 5.95. The number of hydrogen-bond acceptors (Lipinski definition) is 4. The molecule has 1 amide bonds. The number of hydrogen-bond donors (Lipinski definition) is 3. The Balaban J connectivity index is 2.00. The number of fused-ring (bicyclic) bond motifs is 1. The molecule has 1 aromatic heterocycles. The largest absolute Gasteiger partial charge is 0.416 e. The molecule has 6 nitrogen and oxygen atoms in total. The lowest BCUT2D eigenvalue weighted by atomic mass is 9.99. The summed E-state index contributed by atoms with van der Waals surface area (Å²) in [5.41, 5.74) is 3.34. The van der Waals surface area contributed by atoms with Crippen LogP contribution in [0.4, 0.5) is 13.2 Å². The molecule has 0 saturated carbocycles. The van der Waals surface area contributed by atoms with Gasteiger partial charge in [-0.25, -0.2) is 9.66 Å². The standard InChI is InChI=1S/C16H17F3N4O2/c1-8(10-3-5-11(6-4-10)16(17,18)19)14-21-12(7-24)13-15(25)20-9(2)22-23(13)14/h3-6,8-9,22,24H,7H2,1-2H3,(H,20,25)/t8-,9?/m1/s1. The molecule has 0 bridgehead atoms. The Morgan fingerprint density at radius 1 is 1.32 bits per heavy atom. The van der Waals surface area contributed by atoms with Crippen LogP contribution in [0.25, 0.3) is 0 Å². The van der Waals surface area contributed by atoms with Crippen molar-refractivity contribution in [1.29, 1.82) is 0 Å². The van der Waals surface area contributed by atoms with Gasteiger partial charge in [-0.2, -0.15) is 13.2 Å². The van der Waals surface area contributed by atoms with Crippen molar-refractivity contribution in [2.75, 3.05) is 5.43 Å². The van der Waals surface area contributed by atoms with Gasteiger partial charge in [-0.05, 0) is 24.6 Å². The maximum atomic E-state index is 12.7. The normalized spacial score (nSPS) is 18.3. The van der Waals surface area contributed by atoms with Crippen LogP contribution in [0.5, 0.6) is 0 Å². The fourth-order valence-corrected chi connectivity index (χ4v) is 2.85. The second-order valence-corrected chi connectivity index (χ2v) is 5.92. The summed E-state index contributed by atoms with van der Waals surface area (Å²) in [6.07, 6.45) is -4.74. The number of halogens is 3. The molecule has 0 saturated heterocycles. The van der Waals surface area contributed by atoms with Crippen molar-refractivity contribution < 1.29 is 23.1 Å². The predicted octanol–water partition coefficient (Wildman–Crippen LogP) is 2.18. The molecular weight excluding hydrogens is 337 g/mol. The number of benzene rings is 1. The average molecular weight is 354 g/mol. The van der Waals surface area contributed by atoms with E-state index >= 15 is 0 Å². The van der Waals surface area contributed by atoms with E-state index in [9.17, 15) is 23.1 Å². The van der Waals surface area contributed by atoms with Gasteiger partial charge in [-0.1, -0.05) is 19.1 Å². The van der Waals surface area contributed by atoms with Gasteiger partial charge >= 0.3 is 6.18 Å². The van der Waals surface area contributed by atoms with E-state index in [0.29, 0.717) is 11.4 Å². The van der Waals surface area contributed by atoms with Crippen molar-refractivity contribution >= 4 is 5.91 Å². The number of aromatic nitrogens is 2. The summed E-state index contributed by atoms with van der Waals surface area (Å²) in [4.78, 5) is 16.5. The lowest BCUT2D eigenvalue weighted by Gasteiger charge is -2.27. The molecule has 0 radical (unpaired) electrons. The molecule has 0 fully saturated rings. The van der Waals surface area contributed by atoms with Crippen LogP contribution < -0.4 is 10.7 Å². The molecule has 2 aromatic rings. The molecule has 134 valence electrons. The second-order valence-electron chi connectivity index (χ2n) is 5.92. The summed E-state index contributed by atoms with van der Waals surface area (Å²) in [5, 5.41) is 12.1. The molecule has 0 aliphatic carbocycles. The van der Waals surface area contributed by atoms with E-state index in [1.165, 1.54) is 16.8 Å². The minimum Gasteiger partial charge on any atom is -0.390 e. The van der Waals surface area contributed by atoms with Crippen LogP contribution in [-0.4, -0.2) is 26.8 Å². The highest BCUT2D eigenvalue weighted by atomic mass is 19.4. The van der Waals surface area contributed by atoms with Crippen LogP contribution >= 0.6 is 0 Å². The topological polar surface area (TPSA) is 79.2 Å². The van der Waals surface area contributed by atoms with E-state index in [2.05, 4.69) is 15.7 Å². The first-order valence-corrected chi connectivity index (χ1v) is 7.69. The first-order valence-electron chi connectivity index (χ1n) is 7.69. The Morgan fingerprint density at radius 3 is 2.52 bits per heavy atom. The third-order valence-electron chi connectivity index (χ3n) is 4.14. The van der Waals surface area contributed by atoms with Gasteiger partial charge < -0.3 is 15.8 Å². The molecule has 1 aromatic carbocycles. The van der Waals surface area contributed by atoms with Crippen LogP contribution in [0.15, 0.2) is 24.3 Å². The maximum Gasteiger partial charge on any atom is 0.416 e. The van der Waals surface area contributed by atoms with E-state index in [1.807, 2.05) is 0 Å². The molecule has 25 heavy (non-hydrogen) atoms. The van der Waals surface area contributed by atoms with Crippen LogP contribution in [0.2, 0.25) is 0 Å². The van der Waals surface area contributed by atoms with Crippen molar-refractivity contribution in [3.63, 3.8) is 0 Å². The van der Waals surface area contributed by atoms with E-state index in [4.69, 9.17) is 0 Å². The minimum absolute atomic E-state index is 0.203. The van der Waals surface area contributed by atoms with Gasteiger partial charge in [-0.3, -0.25) is 4.79 Å². The van der Waals surface area contributed by atoms with Gasteiger partial charge in [0.05, 0.1) is 17.9 Å². The fraction of sp³-hybridized carbons (Fsp3) is 0.375. The summed E-state index contributed by atoms with van der Waals surface area (Å²) >= 11 is 0.